The topological polar surface area (TPSA) is 67.4 Å². The summed E-state index contributed by atoms with van der Waals surface area (Å²) in [4.78, 5) is 25.2. The lowest BCUT2D eigenvalue weighted by Crippen LogP contribution is -2.39. The molecule has 0 bridgehead atoms. The van der Waals surface area contributed by atoms with Crippen LogP contribution >= 0.6 is 11.3 Å². The zero-order chi connectivity index (χ0) is 16.3. The highest BCUT2D eigenvalue weighted by atomic mass is 32.1. The quantitative estimate of drug-likeness (QED) is 0.828. The van der Waals surface area contributed by atoms with Crippen molar-refractivity contribution in [3.63, 3.8) is 0 Å². The molecule has 120 valence electrons. The number of ether oxygens (including phenoxy) is 1. The van der Waals surface area contributed by atoms with Gasteiger partial charge in [0, 0.05) is 22.5 Å². The molecule has 0 atom stereocenters. The van der Waals surface area contributed by atoms with Gasteiger partial charge in [-0.1, -0.05) is 6.07 Å². The SMILES string of the molecule is COc1ccc(NC(=O)C(=O)NCC2(c3cccs3)CC2)cc1. The number of hydrogen-bond acceptors (Lipinski definition) is 4. The van der Waals surface area contributed by atoms with E-state index in [-0.39, 0.29) is 5.41 Å². The number of amides is 2. The lowest BCUT2D eigenvalue weighted by atomic mass is 10.1. The van der Waals surface area contributed by atoms with Crippen molar-refractivity contribution in [2.45, 2.75) is 18.3 Å². The first-order chi connectivity index (χ1) is 11.1. The summed E-state index contributed by atoms with van der Waals surface area (Å²) in [7, 11) is 1.57. The number of nitrogens with one attached hydrogen (secondary N) is 2. The molecule has 0 saturated heterocycles. The fourth-order valence-corrected chi connectivity index (χ4v) is 3.42. The van der Waals surface area contributed by atoms with E-state index in [9.17, 15) is 9.59 Å². The van der Waals surface area contributed by atoms with Gasteiger partial charge in [-0.3, -0.25) is 9.59 Å². The summed E-state index contributed by atoms with van der Waals surface area (Å²) in [6.45, 7) is 0.502. The number of hydrogen-bond donors (Lipinski definition) is 2. The molecule has 2 aromatic rings. The lowest BCUT2D eigenvalue weighted by molar-refractivity contribution is -0.136. The summed E-state index contributed by atoms with van der Waals surface area (Å²) in [6.07, 6.45) is 2.10. The van der Waals surface area contributed by atoms with Crippen molar-refractivity contribution >= 4 is 28.8 Å². The first kappa shape index (κ1) is 15.6. The Balaban J connectivity index is 1.53. The highest BCUT2D eigenvalue weighted by Gasteiger charge is 2.45. The normalized spacial score (nSPS) is 14.8. The third-order valence-corrected chi connectivity index (χ3v) is 5.16. The van der Waals surface area contributed by atoms with E-state index in [4.69, 9.17) is 4.74 Å². The summed E-state index contributed by atoms with van der Waals surface area (Å²) in [5.74, 6) is -0.570. The fourth-order valence-electron chi connectivity index (χ4n) is 2.43. The molecule has 0 unspecified atom stereocenters. The van der Waals surface area contributed by atoms with Gasteiger partial charge in [0.1, 0.15) is 5.75 Å². The molecule has 0 spiro atoms. The second kappa shape index (κ2) is 6.42. The predicted molar refractivity (Wildman–Crippen MR) is 89.9 cm³/mol. The summed E-state index contributed by atoms with van der Waals surface area (Å²) in [5.41, 5.74) is 0.592. The smallest absolute Gasteiger partial charge is 0.313 e. The number of carbonyl (C=O) groups excluding carboxylic acids is 2. The van der Waals surface area contributed by atoms with E-state index >= 15 is 0 Å². The maximum Gasteiger partial charge on any atom is 0.313 e. The van der Waals surface area contributed by atoms with Crippen molar-refractivity contribution < 1.29 is 14.3 Å². The number of benzene rings is 1. The van der Waals surface area contributed by atoms with Crippen LogP contribution in [0.5, 0.6) is 5.75 Å². The Kier molecular flexibility index (Phi) is 4.34. The van der Waals surface area contributed by atoms with Gasteiger partial charge >= 0.3 is 11.8 Å². The van der Waals surface area contributed by atoms with E-state index < -0.39 is 11.8 Å². The highest BCUT2D eigenvalue weighted by Crippen LogP contribution is 2.49. The van der Waals surface area contributed by atoms with E-state index in [0.717, 1.165) is 12.8 Å². The minimum absolute atomic E-state index is 0.0320. The average Bonchev–Trinajstić information content (AvgIpc) is 3.16. The van der Waals surface area contributed by atoms with Crippen LogP contribution in [-0.4, -0.2) is 25.5 Å². The van der Waals surface area contributed by atoms with Gasteiger partial charge in [-0.15, -0.1) is 11.3 Å². The van der Waals surface area contributed by atoms with Gasteiger partial charge < -0.3 is 15.4 Å². The predicted octanol–water partition coefficient (Wildman–Crippen LogP) is 2.54. The number of rotatable bonds is 5. The molecule has 1 heterocycles. The van der Waals surface area contributed by atoms with Gasteiger partial charge in [0.15, 0.2) is 0 Å². The van der Waals surface area contributed by atoms with Crippen molar-refractivity contribution in [1.82, 2.24) is 5.32 Å². The number of thiophene rings is 1. The molecule has 23 heavy (non-hydrogen) atoms. The monoisotopic (exact) mass is 330 g/mol. The second-order valence-electron chi connectivity index (χ2n) is 5.62. The molecule has 3 rings (SSSR count). The standard InChI is InChI=1S/C17H18N2O3S/c1-22-13-6-4-12(5-7-13)19-16(21)15(20)18-11-17(8-9-17)14-3-2-10-23-14/h2-7,10H,8-9,11H2,1H3,(H,18,20)(H,19,21). The minimum Gasteiger partial charge on any atom is -0.497 e. The third kappa shape index (κ3) is 3.53. The third-order valence-electron chi connectivity index (χ3n) is 4.04. The maximum absolute atomic E-state index is 12.0. The van der Waals surface area contributed by atoms with Crippen molar-refractivity contribution in [2.24, 2.45) is 0 Å². The lowest BCUT2D eigenvalue weighted by Gasteiger charge is -2.14. The van der Waals surface area contributed by atoms with Gasteiger partial charge in [-0.2, -0.15) is 0 Å². The molecular formula is C17H18N2O3S. The van der Waals surface area contributed by atoms with E-state index in [1.54, 1.807) is 42.7 Å². The molecule has 1 aliphatic rings. The summed E-state index contributed by atoms with van der Waals surface area (Å²) < 4.78 is 5.05. The van der Waals surface area contributed by atoms with Crippen LogP contribution in [0.4, 0.5) is 5.69 Å². The number of anilines is 1. The van der Waals surface area contributed by atoms with Gasteiger partial charge in [0.25, 0.3) is 0 Å². The molecule has 2 N–H and O–H groups in total. The van der Waals surface area contributed by atoms with Crippen LogP contribution in [0.3, 0.4) is 0 Å². The van der Waals surface area contributed by atoms with Crippen LogP contribution in [0.1, 0.15) is 17.7 Å². The Morgan fingerprint density at radius 1 is 1.17 bits per heavy atom. The fraction of sp³-hybridized carbons (Fsp3) is 0.294. The zero-order valence-electron chi connectivity index (χ0n) is 12.8. The summed E-state index contributed by atoms with van der Waals surface area (Å²) in [6, 6.07) is 10.9. The Morgan fingerprint density at radius 2 is 1.91 bits per heavy atom. The molecule has 0 aliphatic heterocycles. The van der Waals surface area contributed by atoms with Crippen LogP contribution in [0.15, 0.2) is 41.8 Å². The van der Waals surface area contributed by atoms with E-state index in [1.165, 1.54) is 4.88 Å². The summed E-state index contributed by atoms with van der Waals surface area (Å²) in [5, 5.41) is 7.36. The molecular weight excluding hydrogens is 312 g/mol. The van der Waals surface area contributed by atoms with Crippen LogP contribution in [-0.2, 0) is 15.0 Å². The van der Waals surface area contributed by atoms with Crippen molar-refractivity contribution in [3.8, 4) is 5.75 Å². The first-order valence-corrected chi connectivity index (χ1v) is 8.28. The maximum atomic E-state index is 12.0. The highest BCUT2D eigenvalue weighted by molar-refractivity contribution is 7.10. The average molecular weight is 330 g/mol. The Morgan fingerprint density at radius 3 is 2.48 bits per heavy atom. The van der Waals surface area contributed by atoms with Crippen molar-refractivity contribution in [1.29, 1.82) is 0 Å². The molecule has 1 aromatic heterocycles. The van der Waals surface area contributed by atoms with Gasteiger partial charge in [-0.05, 0) is 48.6 Å². The second-order valence-corrected chi connectivity index (χ2v) is 6.57. The van der Waals surface area contributed by atoms with E-state index in [2.05, 4.69) is 16.7 Å². The molecule has 5 nitrogen and oxygen atoms in total. The molecule has 1 fully saturated rings. The van der Waals surface area contributed by atoms with Crippen LogP contribution < -0.4 is 15.4 Å². The van der Waals surface area contributed by atoms with Crippen LogP contribution in [0.25, 0.3) is 0 Å². The van der Waals surface area contributed by atoms with Gasteiger partial charge in [0.05, 0.1) is 7.11 Å². The molecule has 1 aromatic carbocycles. The largest absolute Gasteiger partial charge is 0.497 e. The molecule has 0 radical (unpaired) electrons. The molecule has 1 aliphatic carbocycles. The van der Waals surface area contributed by atoms with Crippen molar-refractivity contribution in [2.75, 3.05) is 19.0 Å². The van der Waals surface area contributed by atoms with Gasteiger partial charge in [0.2, 0.25) is 0 Å². The Hall–Kier alpha value is -2.34. The molecule has 2 amide bonds. The van der Waals surface area contributed by atoms with Crippen molar-refractivity contribution in [3.05, 3.63) is 46.7 Å². The number of methoxy groups -OCH3 is 1. The number of carbonyl (C=O) groups is 2. The minimum atomic E-state index is -0.655. The summed E-state index contributed by atoms with van der Waals surface area (Å²) >= 11 is 1.69. The molecule has 1 saturated carbocycles. The van der Waals surface area contributed by atoms with Gasteiger partial charge in [-0.25, -0.2) is 0 Å². The van der Waals surface area contributed by atoms with Crippen LogP contribution in [0, 0.1) is 0 Å². The Labute approximate surface area is 138 Å². The van der Waals surface area contributed by atoms with Crippen LogP contribution in [0.2, 0.25) is 0 Å². The van der Waals surface area contributed by atoms with E-state index in [1.807, 2.05) is 11.4 Å². The first-order valence-electron chi connectivity index (χ1n) is 7.40. The van der Waals surface area contributed by atoms with E-state index in [0.29, 0.717) is 18.0 Å². The zero-order valence-corrected chi connectivity index (χ0v) is 13.6. The Bertz CT molecular complexity index is 691. The molecule has 6 heteroatoms.